The summed E-state index contributed by atoms with van der Waals surface area (Å²) in [5.41, 5.74) is 6.02. The molecule has 0 aliphatic heterocycles. The van der Waals surface area contributed by atoms with E-state index >= 15 is 0 Å². The Morgan fingerprint density at radius 2 is 1.81 bits per heavy atom. The molecule has 0 bridgehead atoms. The van der Waals surface area contributed by atoms with Crippen molar-refractivity contribution in [3.05, 3.63) is 18.2 Å². The van der Waals surface area contributed by atoms with Crippen LogP contribution in [0.4, 0.5) is 11.4 Å². The summed E-state index contributed by atoms with van der Waals surface area (Å²) >= 11 is 0. The van der Waals surface area contributed by atoms with Gasteiger partial charge in [-0.25, -0.2) is 17.4 Å². The smallest absolute Gasteiger partial charge is 0.229 e. The van der Waals surface area contributed by atoms with Crippen LogP contribution in [0.2, 0.25) is 0 Å². The molecule has 1 unspecified atom stereocenters. The highest BCUT2D eigenvalue weighted by molar-refractivity contribution is 7.92. The molecule has 16 heavy (non-hydrogen) atoms. The van der Waals surface area contributed by atoms with Crippen molar-refractivity contribution in [2.24, 2.45) is 0 Å². The predicted octanol–water partition coefficient (Wildman–Crippen LogP) is 0.676. The van der Waals surface area contributed by atoms with Gasteiger partial charge in [0.1, 0.15) is 0 Å². The first-order valence-corrected chi connectivity index (χ1v) is 8.06. The number of nitrogen functional groups attached to an aromatic ring is 1. The van der Waals surface area contributed by atoms with Crippen molar-refractivity contribution in [2.75, 3.05) is 23.0 Å². The molecule has 6 nitrogen and oxygen atoms in total. The number of sulfonamides is 1. The van der Waals surface area contributed by atoms with Crippen LogP contribution in [0.5, 0.6) is 0 Å². The maximum Gasteiger partial charge on any atom is 0.229 e. The van der Waals surface area contributed by atoms with Crippen LogP contribution in [0, 0.1) is 4.78 Å². The topological polar surface area (TPSA) is 113 Å². The maximum atomic E-state index is 11.5. The zero-order valence-corrected chi connectivity index (χ0v) is 10.5. The van der Waals surface area contributed by atoms with Crippen LogP contribution in [0.15, 0.2) is 23.1 Å². The molecule has 8 heteroatoms. The normalized spacial score (nSPS) is 15.4. The van der Waals surface area contributed by atoms with Crippen LogP contribution in [0.1, 0.15) is 0 Å². The third kappa shape index (κ3) is 3.38. The molecule has 0 saturated carbocycles. The molecule has 0 spiro atoms. The zero-order valence-electron chi connectivity index (χ0n) is 8.85. The van der Waals surface area contributed by atoms with Crippen molar-refractivity contribution < 1.29 is 12.6 Å². The summed E-state index contributed by atoms with van der Waals surface area (Å²) in [5, 5.41) is 0. The van der Waals surface area contributed by atoms with Gasteiger partial charge in [-0.2, -0.15) is 0 Å². The number of rotatable bonds is 3. The average Bonchev–Trinajstić information content (AvgIpc) is 2.04. The second kappa shape index (κ2) is 3.95. The van der Waals surface area contributed by atoms with Gasteiger partial charge < -0.3 is 5.73 Å². The maximum absolute atomic E-state index is 11.5. The van der Waals surface area contributed by atoms with E-state index in [-0.39, 0.29) is 16.3 Å². The number of nitrogens with two attached hydrogens (primary N) is 1. The van der Waals surface area contributed by atoms with Crippen LogP contribution in [0.25, 0.3) is 0 Å². The Kier molecular flexibility index (Phi) is 3.15. The average molecular weight is 263 g/mol. The van der Waals surface area contributed by atoms with E-state index in [1.54, 1.807) is 0 Å². The molecule has 1 aromatic rings. The molecular formula is C8H13N3O3S2. The van der Waals surface area contributed by atoms with Gasteiger partial charge in [0.25, 0.3) is 0 Å². The van der Waals surface area contributed by atoms with E-state index in [2.05, 4.69) is 4.72 Å². The zero-order chi connectivity index (χ0) is 12.6. The van der Waals surface area contributed by atoms with E-state index in [0.29, 0.717) is 0 Å². The summed E-state index contributed by atoms with van der Waals surface area (Å²) in [7, 11) is -6.37. The molecule has 0 fully saturated rings. The van der Waals surface area contributed by atoms with Crippen molar-refractivity contribution in [3.63, 3.8) is 0 Å². The molecule has 0 radical (unpaired) electrons. The standard InChI is InChI=1S/C8H13N3O3S2/c1-15(10,12)8-5-6(3-4-7(8)9)11-16(2,13)14/h3-5,10-11H,9H2,1-2H3. The molecule has 4 N–H and O–H groups in total. The highest BCUT2D eigenvalue weighted by Crippen LogP contribution is 2.23. The Balaban J connectivity index is 3.29. The minimum absolute atomic E-state index is 0.126. The van der Waals surface area contributed by atoms with Gasteiger partial charge in [0.05, 0.1) is 20.9 Å². The third-order valence-electron chi connectivity index (χ3n) is 1.74. The lowest BCUT2D eigenvalue weighted by atomic mass is 10.3. The molecule has 0 saturated heterocycles. The Morgan fingerprint density at radius 1 is 1.25 bits per heavy atom. The van der Waals surface area contributed by atoms with Crippen molar-refractivity contribution in [3.8, 4) is 0 Å². The lowest BCUT2D eigenvalue weighted by molar-refractivity contribution is 0.606. The highest BCUT2D eigenvalue weighted by atomic mass is 32.2. The van der Waals surface area contributed by atoms with Gasteiger partial charge in [-0.1, -0.05) is 0 Å². The van der Waals surface area contributed by atoms with E-state index < -0.39 is 19.8 Å². The van der Waals surface area contributed by atoms with Crippen LogP contribution < -0.4 is 10.5 Å². The van der Waals surface area contributed by atoms with E-state index in [1.165, 1.54) is 24.5 Å². The second-order valence-electron chi connectivity index (χ2n) is 3.47. The Bertz CT molecular complexity index is 605. The Morgan fingerprint density at radius 3 is 2.25 bits per heavy atom. The summed E-state index contributed by atoms with van der Waals surface area (Å²) in [6.45, 7) is 0. The predicted molar refractivity (Wildman–Crippen MR) is 64.4 cm³/mol. The van der Waals surface area contributed by atoms with Crippen LogP contribution >= 0.6 is 0 Å². The number of hydrogen-bond acceptors (Lipinski definition) is 5. The van der Waals surface area contributed by atoms with E-state index in [9.17, 15) is 12.6 Å². The van der Waals surface area contributed by atoms with Gasteiger partial charge in [0.15, 0.2) is 0 Å². The first kappa shape index (κ1) is 12.8. The molecule has 0 aliphatic rings. The molecule has 0 heterocycles. The lowest BCUT2D eigenvalue weighted by Crippen LogP contribution is -2.10. The lowest BCUT2D eigenvalue weighted by Gasteiger charge is -2.09. The van der Waals surface area contributed by atoms with E-state index in [1.807, 2.05) is 0 Å². The Labute approximate surface area is 94.9 Å². The summed E-state index contributed by atoms with van der Waals surface area (Å²) in [5.74, 6) is 0. The van der Waals surface area contributed by atoms with Gasteiger partial charge in [-0.05, 0) is 18.2 Å². The largest absolute Gasteiger partial charge is 0.398 e. The molecule has 0 aromatic heterocycles. The minimum atomic E-state index is -3.40. The summed E-state index contributed by atoms with van der Waals surface area (Å²) < 4.78 is 43.1. The van der Waals surface area contributed by atoms with Gasteiger partial charge in [-0.15, -0.1) is 0 Å². The third-order valence-corrected chi connectivity index (χ3v) is 3.54. The SMILES string of the molecule is CS(=N)(=O)c1cc(NS(C)(=O)=O)ccc1N. The number of anilines is 2. The first-order chi connectivity index (χ1) is 7.09. The molecular weight excluding hydrogens is 250 g/mol. The van der Waals surface area contributed by atoms with Crippen LogP contribution in [-0.2, 0) is 19.8 Å². The quantitative estimate of drug-likeness (QED) is 0.696. The van der Waals surface area contributed by atoms with Gasteiger partial charge in [-0.3, -0.25) is 4.72 Å². The molecule has 1 rings (SSSR count). The number of nitrogens with one attached hydrogen (secondary N) is 2. The fourth-order valence-electron chi connectivity index (χ4n) is 1.15. The fraction of sp³-hybridized carbons (Fsp3) is 0.250. The van der Waals surface area contributed by atoms with Gasteiger partial charge >= 0.3 is 0 Å². The molecule has 1 atom stereocenters. The molecule has 0 aliphatic carbocycles. The molecule has 90 valence electrons. The number of hydrogen-bond donors (Lipinski definition) is 3. The second-order valence-corrected chi connectivity index (χ2v) is 7.35. The van der Waals surface area contributed by atoms with Crippen molar-refractivity contribution in [2.45, 2.75) is 4.90 Å². The summed E-state index contributed by atoms with van der Waals surface area (Å²) in [6, 6.07) is 4.18. The van der Waals surface area contributed by atoms with Gasteiger partial charge in [0, 0.05) is 17.6 Å². The summed E-state index contributed by atoms with van der Waals surface area (Å²) in [6.07, 6.45) is 2.23. The van der Waals surface area contributed by atoms with E-state index in [4.69, 9.17) is 10.5 Å². The van der Waals surface area contributed by atoms with Gasteiger partial charge in [0.2, 0.25) is 10.0 Å². The molecule has 0 amide bonds. The highest BCUT2D eigenvalue weighted by Gasteiger charge is 2.10. The minimum Gasteiger partial charge on any atom is -0.398 e. The van der Waals surface area contributed by atoms with E-state index in [0.717, 1.165) is 6.26 Å². The van der Waals surface area contributed by atoms with Crippen LogP contribution in [0.3, 0.4) is 0 Å². The summed E-state index contributed by atoms with van der Waals surface area (Å²) in [4.78, 5) is 0.126. The van der Waals surface area contributed by atoms with Crippen molar-refractivity contribution in [1.82, 2.24) is 0 Å². The Hall–Kier alpha value is -1.28. The molecule has 1 aromatic carbocycles. The van der Waals surface area contributed by atoms with Crippen molar-refractivity contribution in [1.29, 1.82) is 4.78 Å². The van der Waals surface area contributed by atoms with Crippen molar-refractivity contribution >= 4 is 31.1 Å². The fourth-order valence-corrected chi connectivity index (χ4v) is 2.57. The number of benzene rings is 1. The first-order valence-electron chi connectivity index (χ1n) is 4.21. The van der Waals surface area contributed by atoms with Crippen LogP contribution in [-0.4, -0.2) is 25.1 Å². The monoisotopic (exact) mass is 263 g/mol.